The van der Waals surface area contributed by atoms with E-state index in [4.69, 9.17) is 4.74 Å². The van der Waals surface area contributed by atoms with E-state index < -0.39 is 0 Å². The first-order chi connectivity index (χ1) is 17.5. The summed E-state index contributed by atoms with van der Waals surface area (Å²) in [5, 5.41) is 5.63. The van der Waals surface area contributed by atoms with Crippen LogP contribution >= 0.6 is 0 Å². The highest BCUT2D eigenvalue weighted by Crippen LogP contribution is 2.27. The van der Waals surface area contributed by atoms with Crippen molar-refractivity contribution in [3.8, 4) is 22.9 Å². The van der Waals surface area contributed by atoms with E-state index in [1.165, 1.54) is 0 Å². The number of aromatic nitrogens is 2. The molecular weight excluding hydrogens is 454 g/mol. The van der Waals surface area contributed by atoms with Gasteiger partial charge in [0.15, 0.2) is 0 Å². The quantitative estimate of drug-likeness (QED) is 0.312. The van der Waals surface area contributed by atoms with Crippen molar-refractivity contribution in [3.05, 3.63) is 90.3 Å². The summed E-state index contributed by atoms with van der Waals surface area (Å²) >= 11 is 0. The number of benzene rings is 2. The van der Waals surface area contributed by atoms with E-state index in [-0.39, 0.29) is 11.9 Å². The molecule has 36 heavy (non-hydrogen) atoms. The van der Waals surface area contributed by atoms with Crippen molar-refractivity contribution in [1.29, 1.82) is 0 Å². The Morgan fingerprint density at radius 2 is 1.69 bits per heavy atom. The summed E-state index contributed by atoms with van der Waals surface area (Å²) in [7, 11) is 0. The van der Waals surface area contributed by atoms with Gasteiger partial charge in [-0.1, -0.05) is 12.1 Å². The number of carbonyl (C=O) groups excluding carboxylic acids is 2. The second kappa shape index (κ2) is 10.4. The Morgan fingerprint density at radius 1 is 0.917 bits per heavy atom. The number of H-pyrrole nitrogens is 1. The first kappa shape index (κ1) is 23.2. The van der Waals surface area contributed by atoms with Crippen molar-refractivity contribution >= 4 is 23.3 Å². The lowest BCUT2D eigenvalue weighted by atomic mass is 10.2. The molecule has 3 heterocycles. The Bertz CT molecular complexity index is 1370. The third-order valence-electron chi connectivity index (χ3n) is 5.95. The fourth-order valence-electron chi connectivity index (χ4n) is 4.15. The number of nitrogens with zero attached hydrogens (tertiary/aromatic N) is 2. The zero-order valence-electron chi connectivity index (χ0n) is 20.0. The molecule has 5 rings (SSSR count). The Labute approximate surface area is 209 Å². The molecule has 1 saturated heterocycles. The number of aromatic amines is 1. The smallest absolute Gasteiger partial charge is 0.323 e. The van der Waals surface area contributed by atoms with Gasteiger partial charge in [-0.2, -0.15) is 0 Å². The fourth-order valence-corrected chi connectivity index (χ4v) is 4.15. The number of amides is 3. The maximum atomic E-state index is 12.6. The molecule has 2 aromatic heterocycles. The molecule has 0 bridgehead atoms. The van der Waals surface area contributed by atoms with E-state index in [9.17, 15) is 9.59 Å². The minimum absolute atomic E-state index is 0.0451. The predicted octanol–water partition coefficient (Wildman–Crippen LogP) is 6.06. The van der Waals surface area contributed by atoms with Crippen molar-refractivity contribution in [1.82, 2.24) is 14.9 Å². The van der Waals surface area contributed by atoms with Crippen molar-refractivity contribution in [2.75, 3.05) is 23.7 Å². The molecule has 3 amide bonds. The van der Waals surface area contributed by atoms with Gasteiger partial charge in [0.25, 0.3) is 5.91 Å². The van der Waals surface area contributed by atoms with Gasteiger partial charge >= 0.3 is 6.03 Å². The number of aryl methyl sites for hydroxylation is 1. The lowest BCUT2D eigenvalue weighted by Gasteiger charge is -2.13. The van der Waals surface area contributed by atoms with E-state index >= 15 is 0 Å². The lowest BCUT2D eigenvalue weighted by molar-refractivity contribution is 0.0793. The van der Waals surface area contributed by atoms with Crippen LogP contribution in [0.3, 0.4) is 0 Å². The normalized spacial score (nSPS) is 12.9. The molecule has 2 aromatic carbocycles. The van der Waals surface area contributed by atoms with E-state index in [1.807, 2.05) is 48.2 Å². The highest BCUT2D eigenvalue weighted by atomic mass is 16.5. The Kier molecular flexibility index (Phi) is 6.66. The van der Waals surface area contributed by atoms with Crippen LogP contribution in [0.1, 0.15) is 28.8 Å². The Morgan fingerprint density at radius 3 is 2.47 bits per heavy atom. The van der Waals surface area contributed by atoms with Crippen LogP contribution in [0, 0.1) is 6.92 Å². The second-order valence-electron chi connectivity index (χ2n) is 8.75. The van der Waals surface area contributed by atoms with Gasteiger partial charge in [-0.15, -0.1) is 0 Å². The second-order valence-corrected chi connectivity index (χ2v) is 8.75. The monoisotopic (exact) mass is 481 g/mol. The average Bonchev–Trinajstić information content (AvgIpc) is 3.58. The maximum absolute atomic E-state index is 12.6. The summed E-state index contributed by atoms with van der Waals surface area (Å²) in [6.07, 6.45) is 5.51. The van der Waals surface area contributed by atoms with Crippen LogP contribution in [0.4, 0.5) is 16.2 Å². The molecule has 0 spiro atoms. The number of nitrogens with one attached hydrogen (secondary N) is 3. The van der Waals surface area contributed by atoms with Gasteiger partial charge < -0.3 is 25.3 Å². The van der Waals surface area contributed by atoms with Crippen LogP contribution in [-0.4, -0.2) is 39.9 Å². The molecule has 3 N–H and O–H groups in total. The number of likely N-dealkylation sites (tertiary alicyclic amines) is 1. The first-order valence-corrected chi connectivity index (χ1v) is 11.9. The minimum Gasteiger partial charge on any atom is -0.457 e. The van der Waals surface area contributed by atoms with Gasteiger partial charge in [-0.25, -0.2) is 4.79 Å². The molecule has 8 nitrogen and oxygen atoms in total. The van der Waals surface area contributed by atoms with Gasteiger partial charge in [0.2, 0.25) is 0 Å². The number of pyridine rings is 1. The van der Waals surface area contributed by atoms with Crippen molar-refractivity contribution in [2.24, 2.45) is 0 Å². The van der Waals surface area contributed by atoms with Crippen LogP contribution < -0.4 is 15.4 Å². The average molecular weight is 482 g/mol. The van der Waals surface area contributed by atoms with E-state index in [0.29, 0.717) is 28.4 Å². The molecule has 0 unspecified atom stereocenters. The standard InChI is InChI=1S/C28H27N5O3/c1-19-5-4-6-22(15-19)32-28(35)31-21-7-9-23(10-8-21)36-24-11-12-29-26(17-24)25-16-20(18-30-25)27(34)33-13-2-3-14-33/h4-12,15-18,30H,2-3,13-14H2,1H3,(H2,31,32,35). The third-order valence-corrected chi connectivity index (χ3v) is 5.95. The highest BCUT2D eigenvalue weighted by molar-refractivity contribution is 5.99. The zero-order valence-corrected chi connectivity index (χ0v) is 20.0. The number of hydrogen-bond acceptors (Lipinski definition) is 4. The molecule has 1 aliphatic rings. The highest BCUT2D eigenvalue weighted by Gasteiger charge is 2.20. The minimum atomic E-state index is -0.318. The largest absolute Gasteiger partial charge is 0.457 e. The molecule has 0 saturated carbocycles. The summed E-state index contributed by atoms with van der Waals surface area (Å²) in [5.74, 6) is 1.27. The van der Waals surface area contributed by atoms with E-state index in [0.717, 1.165) is 42.9 Å². The number of urea groups is 1. The first-order valence-electron chi connectivity index (χ1n) is 11.9. The van der Waals surface area contributed by atoms with Crippen LogP contribution in [0.2, 0.25) is 0 Å². The van der Waals surface area contributed by atoms with Crippen molar-refractivity contribution in [2.45, 2.75) is 19.8 Å². The van der Waals surface area contributed by atoms with Gasteiger partial charge in [-0.05, 0) is 73.9 Å². The Balaban J connectivity index is 1.20. The van der Waals surface area contributed by atoms with Gasteiger partial charge in [0.05, 0.1) is 17.0 Å². The van der Waals surface area contributed by atoms with Gasteiger partial charge in [0.1, 0.15) is 11.5 Å². The predicted molar refractivity (Wildman–Crippen MR) is 139 cm³/mol. The van der Waals surface area contributed by atoms with Crippen molar-refractivity contribution in [3.63, 3.8) is 0 Å². The van der Waals surface area contributed by atoms with Crippen LogP contribution in [-0.2, 0) is 0 Å². The summed E-state index contributed by atoms with van der Waals surface area (Å²) < 4.78 is 5.99. The fraction of sp³-hybridized carbons (Fsp3) is 0.179. The third kappa shape index (κ3) is 5.55. The molecule has 1 fully saturated rings. The molecule has 182 valence electrons. The van der Waals surface area contributed by atoms with Gasteiger partial charge in [0, 0.05) is 42.9 Å². The number of rotatable bonds is 6. The lowest BCUT2D eigenvalue weighted by Crippen LogP contribution is -2.27. The maximum Gasteiger partial charge on any atom is 0.323 e. The molecule has 4 aromatic rings. The summed E-state index contributed by atoms with van der Waals surface area (Å²) in [6.45, 7) is 3.60. The van der Waals surface area contributed by atoms with E-state index in [1.54, 1.807) is 42.7 Å². The Hall–Kier alpha value is -4.59. The zero-order chi connectivity index (χ0) is 24.9. The number of ether oxygens (including phenoxy) is 1. The van der Waals surface area contributed by atoms with Gasteiger partial charge in [-0.3, -0.25) is 9.78 Å². The summed E-state index contributed by atoms with van der Waals surface area (Å²) in [5.41, 5.74) is 4.51. The summed E-state index contributed by atoms with van der Waals surface area (Å²) in [4.78, 5) is 34.4. The molecule has 8 heteroatoms. The van der Waals surface area contributed by atoms with E-state index in [2.05, 4.69) is 20.6 Å². The molecule has 0 radical (unpaired) electrons. The molecule has 0 aliphatic carbocycles. The number of hydrogen-bond donors (Lipinski definition) is 3. The summed E-state index contributed by atoms with van der Waals surface area (Å²) in [6, 6.07) is 19.8. The molecule has 1 aliphatic heterocycles. The number of carbonyl (C=O) groups is 2. The molecule has 0 atom stereocenters. The van der Waals surface area contributed by atoms with Crippen LogP contribution in [0.25, 0.3) is 11.4 Å². The topological polar surface area (TPSA) is 99.3 Å². The van der Waals surface area contributed by atoms with Crippen molar-refractivity contribution < 1.29 is 14.3 Å². The number of anilines is 2. The van der Waals surface area contributed by atoms with Crippen LogP contribution in [0.15, 0.2) is 79.1 Å². The molecular formula is C28H27N5O3. The van der Waals surface area contributed by atoms with Crippen LogP contribution in [0.5, 0.6) is 11.5 Å². The SMILES string of the molecule is Cc1cccc(NC(=O)Nc2ccc(Oc3ccnc(-c4cc(C(=O)N5CCCC5)c[nH]4)c3)cc2)c1.